The number of anilines is 1. The number of benzene rings is 2. The summed E-state index contributed by atoms with van der Waals surface area (Å²) in [7, 11) is 0. The number of halogens is 1. The Kier molecular flexibility index (Phi) is 4.64. The fraction of sp³-hybridized carbons (Fsp3) is 0. The molecule has 2 aromatic carbocycles. The number of rotatable bonds is 4. The summed E-state index contributed by atoms with van der Waals surface area (Å²) in [5.41, 5.74) is 2.08. The van der Waals surface area contributed by atoms with Gasteiger partial charge in [-0.05, 0) is 29.6 Å². The Balaban J connectivity index is 1.60. The quantitative estimate of drug-likeness (QED) is 0.469. The third-order valence-corrected chi connectivity index (χ3v) is 5.05. The van der Waals surface area contributed by atoms with Crippen LogP contribution in [0.5, 0.6) is 0 Å². The number of hydrogen-bond acceptors (Lipinski definition) is 5. The zero-order chi connectivity index (χ0) is 17.9. The highest BCUT2D eigenvalue weighted by molar-refractivity contribution is 9.10. The Morgan fingerprint density at radius 1 is 1.08 bits per heavy atom. The van der Waals surface area contributed by atoms with Gasteiger partial charge in [0.2, 0.25) is 5.82 Å². The summed E-state index contributed by atoms with van der Waals surface area (Å²) in [4.78, 5) is 17.7. The van der Waals surface area contributed by atoms with Crippen molar-refractivity contribution in [2.75, 3.05) is 5.32 Å². The molecule has 0 aliphatic rings. The number of carbonyl (C=O) groups is 1. The van der Waals surface area contributed by atoms with Crippen molar-refractivity contribution < 1.29 is 9.32 Å². The van der Waals surface area contributed by atoms with E-state index < -0.39 is 0 Å². The molecule has 4 aromatic rings. The topological polar surface area (TPSA) is 68.0 Å². The van der Waals surface area contributed by atoms with Crippen molar-refractivity contribution in [2.45, 2.75) is 0 Å². The normalized spacial score (nSPS) is 10.7. The minimum absolute atomic E-state index is 0.200. The largest absolute Gasteiger partial charge is 0.333 e. The lowest BCUT2D eigenvalue weighted by molar-refractivity contribution is 0.102. The van der Waals surface area contributed by atoms with E-state index in [-0.39, 0.29) is 5.91 Å². The second kappa shape index (κ2) is 7.23. The van der Waals surface area contributed by atoms with Gasteiger partial charge in [-0.3, -0.25) is 4.79 Å². The fourth-order valence-corrected chi connectivity index (χ4v) is 3.59. The van der Waals surface area contributed by atoms with Crippen LogP contribution in [0.1, 0.15) is 10.4 Å². The van der Waals surface area contributed by atoms with Gasteiger partial charge < -0.3 is 9.84 Å². The molecule has 0 radical (unpaired) electrons. The van der Waals surface area contributed by atoms with Crippen molar-refractivity contribution in [3.8, 4) is 22.2 Å². The van der Waals surface area contributed by atoms with Crippen molar-refractivity contribution >= 4 is 38.9 Å². The number of nitrogens with one attached hydrogen (secondary N) is 1. The van der Waals surface area contributed by atoms with E-state index in [4.69, 9.17) is 4.52 Å². The van der Waals surface area contributed by atoms with Gasteiger partial charge in [-0.15, -0.1) is 11.3 Å². The Bertz CT molecular complexity index is 1060. The third-order valence-electron chi connectivity index (χ3n) is 3.65. The average Bonchev–Trinajstić information content (AvgIpc) is 3.31. The molecule has 4 rings (SSSR count). The molecule has 7 heteroatoms. The van der Waals surface area contributed by atoms with Crippen LogP contribution in [0, 0.1) is 0 Å². The van der Waals surface area contributed by atoms with E-state index in [9.17, 15) is 4.79 Å². The van der Waals surface area contributed by atoms with Gasteiger partial charge in [0.1, 0.15) is 4.88 Å². The highest BCUT2D eigenvalue weighted by Crippen LogP contribution is 2.34. The Labute approximate surface area is 161 Å². The smallest absolute Gasteiger partial charge is 0.270 e. The lowest BCUT2D eigenvalue weighted by Gasteiger charge is -2.05. The number of carbonyl (C=O) groups excluding carboxylic acids is 1. The van der Waals surface area contributed by atoms with Crippen LogP contribution in [0.4, 0.5) is 5.69 Å². The molecule has 1 amide bonds. The molecular weight excluding hydrogens is 414 g/mol. The van der Waals surface area contributed by atoms with Crippen LogP contribution in [0.3, 0.4) is 0 Å². The maximum Gasteiger partial charge on any atom is 0.270 e. The molecule has 0 bridgehead atoms. The predicted molar refractivity (Wildman–Crippen MR) is 105 cm³/mol. The van der Waals surface area contributed by atoms with Gasteiger partial charge in [-0.25, -0.2) is 0 Å². The molecule has 128 valence electrons. The van der Waals surface area contributed by atoms with Crippen molar-refractivity contribution in [1.29, 1.82) is 0 Å². The fourth-order valence-electron chi connectivity index (χ4n) is 2.42. The molecular formula is C19H12BrN3O2S. The molecule has 0 unspecified atom stereocenters. The summed E-state index contributed by atoms with van der Waals surface area (Å²) >= 11 is 4.80. The molecule has 2 heterocycles. The van der Waals surface area contributed by atoms with Gasteiger partial charge in [0.15, 0.2) is 0 Å². The summed E-state index contributed by atoms with van der Waals surface area (Å²) in [6.45, 7) is 0. The van der Waals surface area contributed by atoms with E-state index in [2.05, 4.69) is 31.4 Å². The monoisotopic (exact) mass is 425 g/mol. The van der Waals surface area contributed by atoms with E-state index in [0.717, 1.165) is 14.9 Å². The molecule has 2 aromatic heterocycles. The first kappa shape index (κ1) is 16.7. The summed E-state index contributed by atoms with van der Waals surface area (Å²) in [5.74, 6) is 0.690. The zero-order valence-corrected chi connectivity index (χ0v) is 15.8. The van der Waals surface area contributed by atoms with Crippen LogP contribution < -0.4 is 5.32 Å². The van der Waals surface area contributed by atoms with E-state index in [1.807, 2.05) is 53.9 Å². The van der Waals surface area contributed by atoms with Crippen molar-refractivity contribution in [2.24, 2.45) is 0 Å². The minimum Gasteiger partial charge on any atom is -0.333 e. The predicted octanol–water partition coefficient (Wildman–Crippen LogP) is 5.48. The molecule has 5 nitrogen and oxygen atoms in total. The first-order valence-electron chi connectivity index (χ1n) is 7.74. The maximum absolute atomic E-state index is 12.5. The van der Waals surface area contributed by atoms with E-state index in [1.165, 1.54) is 11.3 Å². The molecule has 0 spiro atoms. The Morgan fingerprint density at radius 3 is 2.73 bits per heavy atom. The molecule has 26 heavy (non-hydrogen) atoms. The molecule has 1 N–H and O–H groups in total. The molecule has 0 atom stereocenters. The molecule has 0 saturated carbocycles. The highest BCUT2D eigenvalue weighted by atomic mass is 79.9. The zero-order valence-electron chi connectivity index (χ0n) is 13.3. The second-order valence-corrected chi connectivity index (χ2v) is 7.25. The molecule has 0 fully saturated rings. The lowest BCUT2D eigenvalue weighted by atomic mass is 10.2. The van der Waals surface area contributed by atoms with Gasteiger partial charge in [0.25, 0.3) is 11.8 Å². The van der Waals surface area contributed by atoms with Crippen LogP contribution in [-0.2, 0) is 0 Å². The van der Waals surface area contributed by atoms with Crippen LogP contribution in [0.25, 0.3) is 22.2 Å². The van der Waals surface area contributed by atoms with Crippen molar-refractivity contribution in [1.82, 2.24) is 10.1 Å². The van der Waals surface area contributed by atoms with Gasteiger partial charge in [-0.2, -0.15) is 4.98 Å². The number of hydrogen-bond donors (Lipinski definition) is 1. The number of thiophene rings is 1. The first-order chi connectivity index (χ1) is 12.7. The van der Waals surface area contributed by atoms with Crippen LogP contribution >= 0.6 is 27.3 Å². The first-order valence-corrected chi connectivity index (χ1v) is 9.42. The Morgan fingerprint density at radius 2 is 1.92 bits per heavy atom. The van der Waals surface area contributed by atoms with Crippen LogP contribution in [0.15, 0.2) is 75.0 Å². The molecule has 0 saturated heterocycles. The molecule has 0 aliphatic heterocycles. The standard InChI is InChI=1S/C19H12BrN3O2S/c20-14-8-4-7-13(11-14)18(24)21-15-9-10-26-16(15)19-22-17(23-25-19)12-5-2-1-3-6-12/h1-11H,(H,21,24). The van der Waals surface area contributed by atoms with Gasteiger partial charge in [0.05, 0.1) is 5.69 Å². The minimum atomic E-state index is -0.200. The number of aromatic nitrogens is 2. The number of amides is 1. The van der Waals surface area contributed by atoms with Gasteiger partial charge in [-0.1, -0.05) is 57.5 Å². The highest BCUT2D eigenvalue weighted by Gasteiger charge is 2.17. The van der Waals surface area contributed by atoms with Gasteiger partial charge >= 0.3 is 0 Å². The van der Waals surface area contributed by atoms with Crippen molar-refractivity contribution in [3.05, 3.63) is 76.1 Å². The second-order valence-electron chi connectivity index (χ2n) is 5.42. The van der Waals surface area contributed by atoms with Crippen molar-refractivity contribution in [3.63, 3.8) is 0 Å². The van der Waals surface area contributed by atoms with Crippen LogP contribution in [0.2, 0.25) is 0 Å². The summed E-state index contributed by atoms with van der Waals surface area (Å²) in [6.07, 6.45) is 0. The van der Waals surface area contributed by atoms with Crippen LogP contribution in [-0.4, -0.2) is 16.0 Å². The maximum atomic E-state index is 12.5. The van der Waals surface area contributed by atoms with E-state index in [1.54, 1.807) is 12.1 Å². The van der Waals surface area contributed by atoms with Gasteiger partial charge in [0, 0.05) is 15.6 Å². The molecule has 0 aliphatic carbocycles. The van der Waals surface area contributed by atoms with E-state index >= 15 is 0 Å². The van der Waals surface area contributed by atoms with E-state index in [0.29, 0.717) is 23.0 Å². The average molecular weight is 426 g/mol. The number of nitrogens with zero attached hydrogens (tertiary/aromatic N) is 2. The lowest BCUT2D eigenvalue weighted by Crippen LogP contribution is -2.11. The third kappa shape index (κ3) is 3.44. The summed E-state index contributed by atoms with van der Waals surface area (Å²) in [6, 6.07) is 18.6. The SMILES string of the molecule is O=C(Nc1ccsc1-c1nc(-c2ccccc2)no1)c1cccc(Br)c1. The summed E-state index contributed by atoms with van der Waals surface area (Å²) < 4.78 is 6.25. The summed E-state index contributed by atoms with van der Waals surface area (Å²) in [5, 5.41) is 8.81. The Hall–Kier alpha value is -2.77.